The summed E-state index contributed by atoms with van der Waals surface area (Å²) in [5, 5.41) is 11.1. The van der Waals surface area contributed by atoms with E-state index >= 15 is 0 Å². The number of nitrogens with zero attached hydrogens (tertiary/aromatic N) is 3. The van der Waals surface area contributed by atoms with E-state index in [1.807, 2.05) is 7.05 Å². The highest BCUT2D eigenvalue weighted by atomic mass is 16.6. The molecule has 19 heavy (non-hydrogen) atoms. The van der Waals surface area contributed by atoms with Gasteiger partial charge in [0.25, 0.3) is 0 Å². The van der Waals surface area contributed by atoms with Crippen molar-refractivity contribution in [1.82, 2.24) is 4.98 Å². The fourth-order valence-electron chi connectivity index (χ4n) is 1.82. The molecule has 2 N–H and O–H groups in total. The van der Waals surface area contributed by atoms with Crippen LogP contribution in [-0.2, 0) is 0 Å². The molecule has 0 saturated heterocycles. The van der Waals surface area contributed by atoms with Crippen LogP contribution in [0.5, 0.6) is 0 Å². The quantitative estimate of drug-likeness (QED) is 0.629. The molecule has 0 fully saturated rings. The summed E-state index contributed by atoms with van der Waals surface area (Å²) in [4.78, 5) is 16.7. The Balaban J connectivity index is 2.85. The summed E-state index contributed by atoms with van der Waals surface area (Å²) in [7, 11) is 1.81. The number of nitro groups is 1. The van der Waals surface area contributed by atoms with E-state index in [1.54, 1.807) is 24.1 Å². The van der Waals surface area contributed by atoms with Crippen molar-refractivity contribution in [2.75, 3.05) is 18.5 Å². The van der Waals surface area contributed by atoms with Gasteiger partial charge in [-0.25, -0.2) is 4.98 Å². The van der Waals surface area contributed by atoms with Gasteiger partial charge in [-0.15, -0.1) is 0 Å². The van der Waals surface area contributed by atoms with Crippen molar-refractivity contribution in [2.24, 2.45) is 11.7 Å². The lowest BCUT2D eigenvalue weighted by Crippen LogP contribution is -2.32. The van der Waals surface area contributed by atoms with Crippen molar-refractivity contribution in [3.8, 4) is 0 Å². The first-order valence-electron chi connectivity index (χ1n) is 6.41. The fraction of sp³-hybridized carbons (Fsp3) is 0.615. The monoisotopic (exact) mass is 266 g/mol. The molecule has 0 aliphatic rings. The molecule has 0 spiro atoms. The average molecular weight is 266 g/mol. The summed E-state index contributed by atoms with van der Waals surface area (Å²) in [6, 6.07) is 1.74. The summed E-state index contributed by atoms with van der Waals surface area (Å²) in [6.07, 6.45) is 2.37. The van der Waals surface area contributed by atoms with Gasteiger partial charge in [-0.1, -0.05) is 13.8 Å². The molecule has 0 aromatic carbocycles. The lowest BCUT2D eigenvalue weighted by Gasteiger charge is -2.22. The molecule has 1 unspecified atom stereocenters. The van der Waals surface area contributed by atoms with Crippen LogP contribution in [0.2, 0.25) is 0 Å². The SMILES string of the molecule is Cc1ccnc(N(C)CCC(N)C(C)C)c1[N+](=O)[O-]. The zero-order valence-corrected chi connectivity index (χ0v) is 12.0. The molecule has 6 nitrogen and oxygen atoms in total. The minimum absolute atomic E-state index is 0.0723. The number of aromatic nitrogens is 1. The third-order valence-corrected chi connectivity index (χ3v) is 3.30. The Morgan fingerprint density at radius 2 is 2.16 bits per heavy atom. The highest BCUT2D eigenvalue weighted by Gasteiger charge is 2.21. The number of aryl methyl sites for hydroxylation is 1. The minimum Gasteiger partial charge on any atom is -0.354 e. The smallest absolute Gasteiger partial charge is 0.314 e. The van der Waals surface area contributed by atoms with E-state index in [2.05, 4.69) is 18.8 Å². The van der Waals surface area contributed by atoms with Crippen LogP contribution in [0.1, 0.15) is 25.8 Å². The molecule has 6 heteroatoms. The van der Waals surface area contributed by atoms with Crippen LogP contribution in [0.4, 0.5) is 11.5 Å². The van der Waals surface area contributed by atoms with Gasteiger partial charge in [0, 0.05) is 31.4 Å². The predicted molar refractivity (Wildman–Crippen MR) is 76.3 cm³/mol. The van der Waals surface area contributed by atoms with Crippen LogP contribution in [0.15, 0.2) is 12.3 Å². The Bertz CT molecular complexity index is 448. The van der Waals surface area contributed by atoms with Gasteiger partial charge >= 0.3 is 5.69 Å². The molecule has 0 amide bonds. The summed E-state index contributed by atoms with van der Waals surface area (Å²) in [6.45, 7) is 6.50. The van der Waals surface area contributed by atoms with E-state index in [0.717, 1.165) is 6.42 Å². The molecule has 0 saturated carbocycles. The van der Waals surface area contributed by atoms with E-state index in [4.69, 9.17) is 5.73 Å². The van der Waals surface area contributed by atoms with Crippen LogP contribution in [-0.4, -0.2) is 29.5 Å². The van der Waals surface area contributed by atoms with E-state index < -0.39 is 0 Å². The van der Waals surface area contributed by atoms with Crippen molar-refractivity contribution < 1.29 is 4.92 Å². The summed E-state index contributed by atoms with van der Waals surface area (Å²) >= 11 is 0. The average Bonchev–Trinajstić information content (AvgIpc) is 2.34. The van der Waals surface area contributed by atoms with Gasteiger partial charge in [-0.2, -0.15) is 0 Å². The van der Waals surface area contributed by atoms with Crippen molar-refractivity contribution in [3.05, 3.63) is 27.9 Å². The number of pyridine rings is 1. The molecular weight excluding hydrogens is 244 g/mol. The van der Waals surface area contributed by atoms with Gasteiger partial charge in [-0.3, -0.25) is 10.1 Å². The number of anilines is 1. The fourth-order valence-corrected chi connectivity index (χ4v) is 1.82. The standard InChI is InChI=1S/C13H22N4O2/c1-9(2)11(14)6-8-16(4)13-12(17(18)19)10(3)5-7-15-13/h5,7,9,11H,6,8,14H2,1-4H3. The first-order chi connectivity index (χ1) is 8.84. The Kier molecular flexibility index (Phi) is 5.23. The third-order valence-electron chi connectivity index (χ3n) is 3.30. The van der Waals surface area contributed by atoms with Crippen molar-refractivity contribution in [3.63, 3.8) is 0 Å². The molecule has 1 atom stereocenters. The predicted octanol–water partition coefficient (Wildman–Crippen LogP) is 2.11. The van der Waals surface area contributed by atoms with Gasteiger partial charge < -0.3 is 10.6 Å². The molecule has 0 radical (unpaired) electrons. The molecule has 0 aliphatic carbocycles. The van der Waals surface area contributed by atoms with Crippen molar-refractivity contribution >= 4 is 11.5 Å². The maximum atomic E-state index is 11.1. The largest absolute Gasteiger partial charge is 0.354 e. The molecule has 106 valence electrons. The van der Waals surface area contributed by atoms with Gasteiger partial charge in [0.15, 0.2) is 0 Å². The summed E-state index contributed by atoms with van der Waals surface area (Å²) in [5.74, 6) is 0.801. The Morgan fingerprint density at radius 3 is 2.68 bits per heavy atom. The van der Waals surface area contributed by atoms with Crippen LogP contribution >= 0.6 is 0 Å². The maximum Gasteiger partial charge on any atom is 0.314 e. The summed E-state index contributed by atoms with van der Waals surface area (Å²) in [5.41, 5.74) is 6.68. The number of hydrogen-bond acceptors (Lipinski definition) is 5. The first-order valence-corrected chi connectivity index (χ1v) is 6.41. The zero-order chi connectivity index (χ0) is 14.6. The van der Waals surface area contributed by atoms with E-state index in [0.29, 0.717) is 23.8 Å². The van der Waals surface area contributed by atoms with E-state index in [-0.39, 0.29) is 16.7 Å². The Labute approximate surface area is 113 Å². The van der Waals surface area contributed by atoms with E-state index in [9.17, 15) is 10.1 Å². The molecule has 1 rings (SSSR count). The van der Waals surface area contributed by atoms with Crippen LogP contribution in [0.3, 0.4) is 0 Å². The molecule has 0 bridgehead atoms. The zero-order valence-electron chi connectivity index (χ0n) is 12.0. The number of rotatable bonds is 6. The van der Waals surface area contributed by atoms with Crippen LogP contribution < -0.4 is 10.6 Å². The highest BCUT2D eigenvalue weighted by Crippen LogP contribution is 2.28. The normalized spacial score (nSPS) is 12.5. The molecule has 1 aromatic heterocycles. The third kappa shape index (κ3) is 3.89. The molecular formula is C13H22N4O2. The van der Waals surface area contributed by atoms with Crippen LogP contribution in [0.25, 0.3) is 0 Å². The second-order valence-corrected chi connectivity index (χ2v) is 5.18. The Morgan fingerprint density at radius 1 is 1.53 bits per heavy atom. The van der Waals surface area contributed by atoms with Gasteiger partial charge in [0.05, 0.1) is 4.92 Å². The highest BCUT2D eigenvalue weighted by molar-refractivity contribution is 5.61. The van der Waals surface area contributed by atoms with Gasteiger partial charge in [0.2, 0.25) is 5.82 Å². The van der Waals surface area contributed by atoms with E-state index in [1.165, 1.54) is 0 Å². The molecule has 1 heterocycles. The van der Waals surface area contributed by atoms with Gasteiger partial charge in [0.1, 0.15) is 0 Å². The minimum atomic E-state index is -0.378. The lowest BCUT2D eigenvalue weighted by molar-refractivity contribution is -0.384. The Hall–Kier alpha value is -1.69. The topological polar surface area (TPSA) is 85.3 Å². The molecule has 0 aliphatic heterocycles. The van der Waals surface area contributed by atoms with Crippen molar-refractivity contribution in [2.45, 2.75) is 33.2 Å². The van der Waals surface area contributed by atoms with Crippen LogP contribution in [0, 0.1) is 23.0 Å². The number of hydrogen-bond donors (Lipinski definition) is 1. The second-order valence-electron chi connectivity index (χ2n) is 5.18. The lowest BCUT2D eigenvalue weighted by atomic mass is 10.0. The maximum absolute atomic E-state index is 11.1. The molecule has 1 aromatic rings. The van der Waals surface area contributed by atoms with Crippen molar-refractivity contribution in [1.29, 1.82) is 0 Å². The number of nitrogens with two attached hydrogens (primary N) is 1. The first kappa shape index (κ1) is 15.4. The van der Waals surface area contributed by atoms with Gasteiger partial charge in [-0.05, 0) is 25.3 Å². The summed E-state index contributed by atoms with van der Waals surface area (Å²) < 4.78 is 0. The second kappa shape index (κ2) is 6.47.